The lowest BCUT2D eigenvalue weighted by Crippen LogP contribution is -2.27. The van der Waals surface area contributed by atoms with Crippen molar-refractivity contribution in [2.75, 3.05) is 0 Å². The molecule has 1 atom stereocenters. The van der Waals surface area contributed by atoms with Crippen molar-refractivity contribution in [2.24, 2.45) is 0 Å². The van der Waals surface area contributed by atoms with E-state index in [1.807, 2.05) is 0 Å². The van der Waals surface area contributed by atoms with Gasteiger partial charge in [-0.05, 0) is 32.0 Å². The van der Waals surface area contributed by atoms with Gasteiger partial charge in [0.05, 0.1) is 4.90 Å². The van der Waals surface area contributed by atoms with Crippen LogP contribution in [0.3, 0.4) is 0 Å². The lowest BCUT2D eigenvalue weighted by molar-refractivity contribution is 0.101. The van der Waals surface area contributed by atoms with Gasteiger partial charge in [0.25, 0.3) is 0 Å². The molecule has 1 N–H and O–H groups in total. The zero-order valence-corrected chi connectivity index (χ0v) is 13.3. The maximum absolute atomic E-state index is 13.7. The van der Waals surface area contributed by atoms with Crippen LogP contribution < -0.4 is 4.72 Å². The molecule has 2 aromatic carbocycles. The zero-order valence-electron chi connectivity index (χ0n) is 12.5. The van der Waals surface area contributed by atoms with Crippen molar-refractivity contribution < 1.29 is 22.0 Å². The Hall–Kier alpha value is -2.12. The van der Waals surface area contributed by atoms with Crippen LogP contribution >= 0.6 is 0 Å². The van der Waals surface area contributed by atoms with Crippen LogP contribution in [0.1, 0.15) is 35.8 Å². The summed E-state index contributed by atoms with van der Waals surface area (Å²) in [6, 6.07) is 7.47. The van der Waals surface area contributed by atoms with Gasteiger partial charge in [-0.3, -0.25) is 4.79 Å². The average Bonchev–Trinajstić information content (AvgIpc) is 2.46. The first-order valence-electron chi connectivity index (χ1n) is 6.79. The van der Waals surface area contributed by atoms with Gasteiger partial charge in [0, 0.05) is 23.2 Å². The number of Topliss-reactive ketones (excluding diaryl/α,β-unsaturated/α-hetero) is 1. The molecule has 23 heavy (non-hydrogen) atoms. The summed E-state index contributed by atoms with van der Waals surface area (Å²) >= 11 is 0. The minimum atomic E-state index is -3.90. The van der Waals surface area contributed by atoms with Crippen LogP contribution in [0.25, 0.3) is 0 Å². The number of ketones is 1. The van der Waals surface area contributed by atoms with Gasteiger partial charge in [0.2, 0.25) is 10.0 Å². The molecule has 0 aliphatic carbocycles. The van der Waals surface area contributed by atoms with Crippen molar-refractivity contribution in [3.8, 4) is 0 Å². The van der Waals surface area contributed by atoms with E-state index < -0.39 is 27.7 Å². The van der Waals surface area contributed by atoms with E-state index in [-0.39, 0.29) is 16.2 Å². The Morgan fingerprint density at radius 3 is 2.22 bits per heavy atom. The summed E-state index contributed by atoms with van der Waals surface area (Å²) in [7, 11) is -3.90. The number of hydrogen-bond donors (Lipinski definition) is 1. The van der Waals surface area contributed by atoms with Gasteiger partial charge in [0.15, 0.2) is 5.78 Å². The third-order valence-electron chi connectivity index (χ3n) is 3.33. The summed E-state index contributed by atoms with van der Waals surface area (Å²) in [6.45, 7) is 2.83. The first-order chi connectivity index (χ1) is 10.7. The predicted molar refractivity (Wildman–Crippen MR) is 81.5 cm³/mol. The van der Waals surface area contributed by atoms with E-state index in [9.17, 15) is 22.0 Å². The van der Waals surface area contributed by atoms with Crippen molar-refractivity contribution in [3.63, 3.8) is 0 Å². The van der Waals surface area contributed by atoms with Crippen LogP contribution in [-0.4, -0.2) is 14.2 Å². The van der Waals surface area contributed by atoms with Gasteiger partial charge in [-0.1, -0.05) is 18.2 Å². The van der Waals surface area contributed by atoms with Crippen LogP contribution in [-0.2, 0) is 10.0 Å². The Kier molecular flexibility index (Phi) is 4.91. The number of halogens is 2. The van der Waals surface area contributed by atoms with Gasteiger partial charge in [-0.25, -0.2) is 21.9 Å². The average molecular weight is 339 g/mol. The van der Waals surface area contributed by atoms with Gasteiger partial charge in [-0.2, -0.15) is 0 Å². The van der Waals surface area contributed by atoms with E-state index in [1.54, 1.807) is 0 Å². The number of carbonyl (C=O) groups is 1. The number of benzene rings is 2. The molecule has 4 nitrogen and oxygen atoms in total. The lowest BCUT2D eigenvalue weighted by atomic mass is 10.1. The van der Waals surface area contributed by atoms with E-state index in [2.05, 4.69) is 4.72 Å². The normalized spacial score (nSPS) is 12.9. The summed E-state index contributed by atoms with van der Waals surface area (Å²) < 4.78 is 53.5. The van der Waals surface area contributed by atoms with Crippen molar-refractivity contribution in [1.82, 2.24) is 4.72 Å². The van der Waals surface area contributed by atoms with E-state index in [4.69, 9.17) is 0 Å². The molecular formula is C16H15F2NO3S. The van der Waals surface area contributed by atoms with E-state index in [0.717, 1.165) is 6.07 Å². The Morgan fingerprint density at radius 1 is 1.09 bits per heavy atom. The van der Waals surface area contributed by atoms with Gasteiger partial charge in [-0.15, -0.1) is 0 Å². The molecule has 0 heterocycles. The molecular weight excluding hydrogens is 324 g/mol. The highest BCUT2D eigenvalue weighted by molar-refractivity contribution is 7.89. The van der Waals surface area contributed by atoms with Gasteiger partial charge < -0.3 is 0 Å². The quantitative estimate of drug-likeness (QED) is 0.851. The molecule has 2 rings (SSSR count). The molecule has 2 aromatic rings. The van der Waals surface area contributed by atoms with Crippen LogP contribution in [0.15, 0.2) is 47.4 Å². The Balaban J connectivity index is 2.24. The standard InChI is InChI=1S/C16H15F2NO3S/c1-10(15-8-5-13(17)9-16(15)18)19-23(21,22)14-6-3-12(4-7-14)11(2)20/h3-10,19H,1-2H3/t10-/m0/s1. The van der Waals surface area contributed by atoms with Gasteiger partial charge >= 0.3 is 0 Å². The second kappa shape index (κ2) is 6.55. The summed E-state index contributed by atoms with van der Waals surface area (Å²) in [5.41, 5.74) is 0.428. The van der Waals surface area contributed by atoms with E-state index in [0.29, 0.717) is 11.6 Å². The number of carbonyl (C=O) groups excluding carboxylic acids is 1. The summed E-state index contributed by atoms with van der Waals surface area (Å²) in [5.74, 6) is -1.74. The first-order valence-corrected chi connectivity index (χ1v) is 8.27. The van der Waals surface area contributed by atoms with Crippen LogP contribution in [0.4, 0.5) is 8.78 Å². The van der Waals surface area contributed by atoms with Crippen LogP contribution in [0, 0.1) is 11.6 Å². The second-order valence-corrected chi connectivity index (χ2v) is 6.80. The van der Waals surface area contributed by atoms with Crippen molar-refractivity contribution >= 4 is 15.8 Å². The third kappa shape index (κ3) is 4.00. The molecule has 0 spiro atoms. The summed E-state index contributed by atoms with van der Waals surface area (Å²) in [5, 5.41) is 0. The minimum absolute atomic E-state index is 0.0373. The fourth-order valence-electron chi connectivity index (χ4n) is 2.09. The number of nitrogens with one attached hydrogen (secondary N) is 1. The Bertz CT molecular complexity index is 833. The molecule has 0 unspecified atom stereocenters. The number of rotatable bonds is 5. The van der Waals surface area contributed by atoms with Crippen molar-refractivity contribution in [3.05, 3.63) is 65.2 Å². The largest absolute Gasteiger partial charge is 0.295 e. The van der Waals surface area contributed by atoms with Crippen molar-refractivity contribution in [2.45, 2.75) is 24.8 Å². The Morgan fingerprint density at radius 2 is 1.70 bits per heavy atom. The fourth-order valence-corrected chi connectivity index (χ4v) is 3.31. The second-order valence-electron chi connectivity index (χ2n) is 5.09. The monoisotopic (exact) mass is 339 g/mol. The number of sulfonamides is 1. The molecule has 122 valence electrons. The smallest absolute Gasteiger partial charge is 0.241 e. The number of hydrogen-bond acceptors (Lipinski definition) is 3. The summed E-state index contributed by atoms with van der Waals surface area (Å²) in [6.07, 6.45) is 0. The molecule has 0 fully saturated rings. The molecule has 0 aromatic heterocycles. The third-order valence-corrected chi connectivity index (χ3v) is 4.89. The summed E-state index contributed by atoms with van der Waals surface area (Å²) in [4.78, 5) is 11.2. The molecule has 0 radical (unpaired) electrons. The molecule has 0 aliphatic rings. The fraction of sp³-hybridized carbons (Fsp3) is 0.188. The SMILES string of the molecule is CC(=O)c1ccc(S(=O)(=O)N[C@@H](C)c2ccc(F)cc2F)cc1. The van der Waals surface area contributed by atoms with Crippen LogP contribution in [0.2, 0.25) is 0 Å². The van der Waals surface area contributed by atoms with E-state index in [1.165, 1.54) is 44.2 Å². The molecule has 0 saturated carbocycles. The molecule has 0 aliphatic heterocycles. The highest BCUT2D eigenvalue weighted by Gasteiger charge is 2.20. The van der Waals surface area contributed by atoms with Gasteiger partial charge in [0.1, 0.15) is 11.6 Å². The molecule has 0 amide bonds. The van der Waals surface area contributed by atoms with Crippen LogP contribution in [0.5, 0.6) is 0 Å². The van der Waals surface area contributed by atoms with Crippen molar-refractivity contribution in [1.29, 1.82) is 0 Å². The topological polar surface area (TPSA) is 63.2 Å². The predicted octanol–water partition coefficient (Wildman–Crippen LogP) is 3.21. The molecule has 0 bridgehead atoms. The van der Waals surface area contributed by atoms with E-state index >= 15 is 0 Å². The maximum atomic E-state index is 13.7. The zero-order chi connectivity index (χ0) is 17.2. The lowest BCUT2D eigenvalue weighted by Gasteiger charge is -2.15. The molecule has 7 heteroatoms. The minimum Gasteiger partial charge on any atom is -0.295 e. The first kappa shape index (κ1) is 17.2. The molecule has 0 saturated heterocycles. The highest BCUT2D eigenvalue weighted by Crippen LogP contribution is 2.20. The highest BCUT2D eigenvalue weighted by atomic mass is 32.2. The maximum Gasteiger partial charge on any atom is 0.241 e. The Labute approximate surface area is 133 Å².